The fraction of sp³-hybridized carbons (Fsp3) is 0.143. The summed E-state index contributed by atoms with van der Waals surface area (Å²) in [6.07, 6.45) is 3.26. The maximum atomic E-state index is 13.5. The third-order valence-electron chi connectivity index (χ3n) is 6.02. The standard InChI is InChI=1S/C28H25N3O4S/c1-20-6-12-24(13-7-20)36(33,34)31-19-27(35-26-5-3-2-4-25(26)31)28(32)30-23-10-8-21(9-11-23)18-22-14-16-29-17-15-22/h2-17,27H,18-19H2,1H3,(H,30,32)/t27-/m0/s1. The van der Waals surface area contributed by atoms with Gasteiger partial charge in [-0.05, 0) is 73.0 Å². The average molecular weight is 500 g/mol. The van der Waals surface area contributed by atoms with Crippen LogP contribution in [0, 0.1) is 6.92 Å². The highest BCUT2D eigenvalue weighted by Gasteiger charge is 2.37. The molecule has 1 N–H and O–H groups in total. The van der Waals surface area contributed by atoms with E-state index in [1.165, 1.54) is 4.31 Å². The first-order valence-corrected chi connectivity index (χ1v) is 13.0. The molecule has 3 aromatic carbocycles. The number of pyridine rings is 1. The topological polar surface area (TPSA) is 88.6 Å². The fourth-order valence-electron chi connectivity index (χ4n) is 4.07. The summed E-state index contributed by atoms with van der Waals surface area (Å²) in [5.41, 5.74) is 4.21. The van der Waals surface area contributed by atoms with Crippen molar-refractivity contribution < 1.29 is 17.9 Å². The zero-order valence-electron chi connectivity index (χ0n) is 19.7. The first kappa shape index (κ1) is 23.6. The van der Waals surface area contributed by atoms with Crippen LogP contribution in [0.3, 0.4) is 0 Å². The molecule has 4 aromatic rings. The van der Waals surface area contributed by atoms with Crippen molar-refractivity contribution in [3.8, 4) is 5.75 Å². The van der Waals surface area contributed by atoms with Gasteiger partial charge in [-0.3, -0.25) is 14.1 Å². The van der Waals surface area contributed by atoms with E-state index in [1.54, 1.807) is 60.9 Å². The van der Waals surface area contributed by atoms with Crippen LogP contribution in [0.1, 0.15) is 16.7 Å². The summed E-state index contributed by atoms with van der Waals surface area (Å²) in [6, 6.07) is 25.0. The largest absolute Gasteiger partial charge is 0.476 e. The Hall–Kier alpha value is -4.17. The van der Waals surface area contributed by atoms with Crippen LogP contribution in [0.15, 0.2) is 102 Å². The number of hydrogen-bond acceptors (Lipinski definition) is 5. The Morgan fingerprint density at radius 1 is 0.944 bits per heavy atom. The smallest absolute Gasteiger partial charge is 0.267 e. The highest BCUT2D eigenvalue weighted by molar-refractivity contribution is 7.92. The predicted octanol–water partition coefficient (Wildman–Crippen LogP) is 4.58. The highest BCUT2D eigenvalue weighted by atomic mass is 32.2. The quantitative estimate of drug-likeness (QED) is 0.420. The van der Waals surface area contributed by atoms with Gasteiger partial charge in [-0.15, -0.1) is 0 Å². The summed E-state index contributed by atoms with van der Waals surface area (Å²) < 4.78 is 34.2. The molecule has 0 aliphatic carbocycles. The Kier molecular flexibility index (Phi) is 6.43. The summed E-state index contributed by atoms with van der Waals surface area (Å²) in [4.78, 5) is 17.3. The van der Waals surface area contributed by atoms with E-state index in [-0.39, 0.29) is 11.4 Å². The van der Waals surface area contributed by atoms with Gasteiger partial charge in [0.2, 0.25) is 0 Å². The lowest BCUT2D eigenvalue weighted by molar-refractivity contribution is -0.122. The first-order valence-electron chi connectivity index (χ1n) is 11.5. The number of sulfonamides is 1. The second-order valence-corrected chi connectivity index (χ2v) is 10.5. The van der Waals surface area contributed by atoms with Crippen LogP contribution in [0.25, 0.3) is 0 Å². The highest BCUT2D eigenvalue weighted by Crippen LogP contribution is 2.37. The Morgan fingerprint density at radius 3 is 2.33 bits per heavy atom. The number of nitrogens with zero attached hydrogens (tertiary/aromatic N) is 2. The number of carbonyl (C=O) groups is 1. The molecule has 2 heterocycles. The minimum absolute atomic E-state index is 0.140. The van der Waals surface area contributed by atoms with Crippen molar-refractivity contribution in [1.29, 1.82) is 0 Å². The van der Waals surface area contributed by atoms with E-state index in [0.29, 0.717) is 17.1 Å². The van der Waals surface area contributed by atoms with Crippen molar-refractivity contribution in [2.75, 3.05) is 16.2 Å². The lowest BCUT2D eigenvalue weighted by Crippen LogP contribution is -2.48. The Morgan fingerprint density at radius 2 is 1.61 bits per heavy atom. The summed E-state index contributed by atoms with van der Waals surface area (Å²) >= 11 is 0. The minimum Gasteiger partial charge on any atom is -0.476 e. The molecule has 0 saturated carbocycles. The number of amides is 1. The van der Waals surface area contributed by atoms with E-state index >= 15 is 0 Å². The lowest BCUT2D eigenvalue weighted by atomic mass is 10.1. The zero-order valence-corrected chi connectivity index (χ0v) is 20.5. The third kappa shape index (κ3) is 4.94. The summed E-state index contributed by atoms with van der Waals surface area (Å²) in [5, 5.41) is 2.86. The molecule has 36 heavy (non-hydrogen) atoms. The number of carbonyl (C=O) groups excluding carboxylic acids is 1. The number of ether oxygens (including phenoxy) is 1. The maximum absolute atomic E-state index is 13.5. The number of para-hydroxylation sites is 2. The van der Waals surface area contributed by atoms with Gasteiger partial charge in [-0.25, -0.2) is 8.42 Å². The molecule has 1 aromatic heterocycles. The average Bonchev–Trinajstić information content (AvgIpc) is 2.90. The predicted molar refractivity (Wildman–Crippen MR) is 139 cm³/mol. The van der Waals surface area contributed by atoms with E-state index in [4.69, 9.17) is 4.74 Å². The summed E-state index contributed by atoms with van der Waals surface area (Å²) in [5.74, 6) is -0.0808. The van der Waals surface area contributed by atoms with Crippen LogP contribution >= 0.6 is 0 Å². The first-order chi connectivity index (χ1) is 17.4. The second kappa shape index (κ2) is 9.83. The summed E-state index contributed by atoms with van der Waals surface area (Å²) in [7, 11) is -3.90. The molecule has 182 valence electrons. The van der Waals surface area contributed by atoms with Crippen molar-refractivity contribution >= 4 is 27.3 Å². The van der Waals surface area contributed by atoms with Gasteiger partial charge in [-0.1, -0.05) is 42.0 Å². The molecule has 0 spiro atoms. The van der Waals surface area contributed by atoms with E-state index in [9.17, 15) is 13.2 Å². The van der Waals surface area contributed by atoms with E-state index in [2.05, 4.69) is 10.3 Å². The molecule has 0 unspecified atom stereocenters. The minimum atomic E-state index is -3.90. The van der Waals surface area contributed by atoms with Crippen molar-refractivity contribution in [3.05, 3.63) is 114 Å². The van der Waals surface area contributed by atoms with Crippen LogP contribution in [0.5, 0.6) is 5.75 Å². The molecule has 1 aliphatic heterocycles. The second-order valence-electron chi connectivity index (χ2n) is 8.64. The van der Waals surface area contributed by atoms with Crippen molar-refractivity contribution in [2.45, 2.75) is 24.3 Å². The molecule has 0 saturated heterocycles. The van der Waals surface area contributed by atoms with Crippen molar-refractivity contribution in [1.82, 2.24) is 4.98 Å². The zero-order chi connectivity index (χ0) is 25.1. The molecule has 1 amide bonds. The lowest BCUT2D eigenvalue weighted by Gasteiger charge is -2.34. The number of hydrogen-bond donors (Lipinski definition) is 1. The van der Waals surface area contributed by atoms with Crippen LogP contribution in [0.4, 0.5) is 11.4 Å². The van der Waals surface area contributed by atoms with Gasteiger partial charge in [0.1, 0.15) is 5.75 Å². The van der Waals surface area contributed by atoms with Crippen molar-refractivity contribution in [2.24, 2.45) is 0 Å². The molecule has 0 fully saturated rings. The van der Waals surface area contributed by atoms with Crippen LogP contribution in [0.2, 0.25) is 0 Å². The molecule has 1 aliphatic rings. The van der Waals surface area contributed by atoms with E-state index < -0.39 is 22.0 Å². The molecular formula is C28H25N3O4S. The third-order valence-corrected chi connectivity index (χ3v) is 7.81. The Labute approximate surface area is 210 Å². The van der Waals surface area contributed by atoms with Crippen LogP contribution in [-0.4, -0.2) is 32.0 Å². The van der Waals surface area contributed by atoms with Gasteiger partial charge in [0.15, 0.2) is 6.10 Å². The number of nitrogens with one attached hydrogen (secondary N) is 1. The van der Waals surface area contributed by atoms with Gasteiger partial charge in [0.25, 0.3) is 15.9 Å². The number of benzene rings is 3. The molecule has 8 heteroatoms. The van der Waals surface area contributed by atoms with Crippen LogP contribution in [-0.2, 0) is 21.2 Å². The van der Waals surface area contributed by atoms with Gasteiger partial charge in [0, 0.05) is 18.1 Å². The molecular weight excluding hydrogens is 474 g/mol. The van der Waals surface area contributed by atoms with Gasteiger partial charge in [0.05, 0.1) is 17.1 Å². The molecule has 7 nitrogen and oxygen atoms in total. The van der Waals surface area contributed by atoms with Crippen LogP contribution < -0.4 is 14.4 Å². The van der Waals surface area contributed by atoms with Gasteiger partial charge < -0.3 is 10.1 Å². The molecule has 0 radical (unpaired) electrons. The SMILES string of the molecule is Cc1ccc(S(=O)(=O)N2C[C@@H](C(=O)Nc3ccc(Cc4ccncc4)cc3)Oc3ccccc32)cc1. The number of fused-ring (bicyclic) bond motifs is 1. The Balaban J connectivity index is 1.34. The Bertz CT molecular complexity index is 1470. The molecule has 0 bridgehead atoms. The number of aryl methyl sites for hydroxylation is 1. The molecule has 1 atom stereocenters. The number of aromatic nitrogens is 1. The monoisotopic (exact) mass is 499 g/mol. The summed E-state index contributed by atoms with van der Waals surface area (Å²) in [6.45, 7) is 1.76. The van der Waals surface area contributed by atoms with E-state index in [1.807, 2.05) is 43.3 Å². The number of anilines is 2. The normalized spacial score (nSPS) is 15.0. The van der Waals surface area contributed by atoms with E-state index in [0.717, 1.165) is 23.1 Å². The van der Waals surface area contributed by atoms with Gasteiger partial charge in [-0.2, -0.15) is 0 Å². The number of rotatable bonds is 6. The van der Waals surface area contributed by atoms with Gasteiger partial charge >= 0.3 is 0 Å². The maximum Gasteiger partial charge on any atom is 0.267 e. The fourth-order valence-corrected chi connectivity index (χ4v) is 5.54. The molecule has 5 rings (SSSR count). The van der Waals surface area contributed by atoms with Crippen molar-refractivity contribution in [3.63, 3.8) is 0 Å².